The molecule has 0 aliphatic heterocycles. The van der Waals surface area contributed by atoms with Gasteiger partial charge in [-0.1, -0.05) is 12.1 Å². The Morgan fingerprint density at radius 2 is 2.25 bits per heavy atom. The van der Waals surface area contributed by atoms with Crippen molar-refractivity contribution in [3.05, 3.63) is 23.8 Å². The van der Waals surface area contributed by atoms with Gasteiger partial charge in [0.15, 0.2) is 11.5 Å². The number of nitrogens with zero attached hydrogens (tertiary/aromatic N) is 1. The molecule has 0 saturated carbocycles. The fraction of sp³-hybridized carbons (Fsp3) is 0.385. The zero-order valence-corrected chi connectivity index (χ0v) is 11.5. The van der Waals surface area contributed by atoms with E-state index in [2.05, 4.69) is 10.5 Å². The van der Waals surface area contributed by atoms with Crippen LogP contribution in [0, 0.1) is 0 Å². The smallest absolute Gasteiger partial charge is 0.251 e. The number of methoxy groups -OCH3 is 1. The second kappa shape index (κ2) is 7.22. The number of phenols is 1. The van der Waals surface area contributed by atoms with E-state index in [1.54, 1.807) is 6.07 Å². The molecule has 0 aliphatic carbocycles. The summed E-state index contributed by atoms with van der Waals surface area (Å²) < 4.78 is 4.91. The highest BCUT2D eigenvalue weighted by Gasteiger charge is 2.15. The number of carbonyl (C=O) groups is 1. The van der Waals surface area contributed by atoms with Crippen LogP contribution >= 0.6 is 0 Å². The van der Waals surface area contributed by atoms with Crippen LogP contribution in [0.1, 0.15) is 30.1 Å². The number of carbonyl (C=O) groups excluding carboxylic acids is 1. The topological polar surface area (TPSA) is 117 Å². The molecule has 1 aromatic rings. The molecule has 1 unspecified atom stereocenters. The van der Waals surface area contributed by atoms with Crippen molar-refractivity contribution < 1.29 is 19.8 Å². The predicted molar refractivity (Wildman–Crippen MR) is 74.2 cm³/mol. The summed E-state index contributed by atoms with van der Waals surface area (Å²) in [5.41, 5.74) is 5.72. The van der Waals surface area contributed by atoms with Gasteiger partial charge in [0.05, 0.1) is 7.11 Å². The van der Waals surface area contributed by atoms with Gasteiger partial charge in [-0.05, 0) is 24.6 Å². The van der Waals surface area contributed by atoms with Gasteiger partial charge in [0.25, 0.3) is 5.91 Å². The molecule has 1 atom stereocenters. The number of hydrogen-bond donors (Lipinski definition) is 4. The first-order valence-corrected chi connectivity index (χ1v) is 6.16. The summed E-state index contributed by atoms with van der Waals surface area (Å²) in [6.45, 7) is 1.88. The van der Waals surface area contributed by atoms with Crippen LogP contribution in [0.3, 0.4) is 0 Å². The SMILES string of the molecule is CCC(CC(N)=NO)NC(=O)c1ccc(OC)c(O)c1. The Hall–Kier alpha value is -2.44. The minimum absolute atomic E-state index is 0.0507. The number of nitrogens with one attached hydrogen (secondary N) is 1. The first-order chi connectivity index (χ1) is 9.51. The summed E-state index contributed by atoms with van der Waals surface area (Å²) in [4.78, 5) is 12.0. The highest BCUT2D eigenvalue weighted by molar-refractivity contribution is 5.95. The average molecular weight is 281 g/mol. The lowest BCUT2D eigenvalue weighted by molar-refractivity contribution is 0.0936. The number of rotatable bonds is 6. The van der Waals surface area contributed by atoms with Crippen LogP contribution < -0.4 is 15.8 Å². The maximum absolute atomic E-state index is 12.0. The van der Waals surface area contributed by atoms with Crippen molar-refractivity contribution in [1.82, 2.24) is 5.32 Å². The van der Waals surface area contributed by atoms with E-state index in [0.29, 0.717) is 17.7 Å². The zero-order chi connectivity index (χ0) is 15.1. The number of oxime groups is 1. The van der Waals surface area contributed by atoms with E-state index < -0.39 is 0 Å². The van der Waals surface area contributed by atoms with Gasteiger partial charge in [0.1, 0.15) is 5.84 Å². The Bertz CT molecular complexity index is 502. The number of amidine groups is 1. The Morgan fingerprint density at radius 3 is 2.75 bits per heavy atom. The van der Waals surface area contributed by atoms with Gasteiger partial charge in [-0.15, -0.1) is 0 Å². The molecule has 1 rings (SSSR count). The van der Waals surface area contributed by atoms with Gasteiger partial charge in [0.2, 0.25) is 0 Å². The standard InChI is InChI=1S/C13H19N3O4/c1-3-9(7-12(14)16-19)15-13(18)8-4-5-11(20-2)10(17)6-8/h4-6,9,17,19H,3,7H2,1-2H3,(H2,14,16)(H,15,18). The molecule has 0 aliphatic rings. The molecular weight excluding hydrogens is 262 g/mol. The van der Waals surface area contributed by atoms with Gasteiger partial charge in [0, 0.05) is 18.0 Å². The molecule has 110 valence electrons. The lowest BCUT2D eigenvalue weighted by Crippen LogP contribution is -2.37. The minimum atomic E-state index is -0.347. The number of hydrogen-bond acceptors (Lipinski definition) is 5. The number of amides is 1. The molecule has 0 spiro atoms. The van der Waals surface area contributed by atoms with Crippen molar-refractivity contribution >= 4 is 11.7 Å². The molecule has 0 saturated heterocycles. The third kappa shape index (κ3) is 4.04. The van der Waals surface area contributed by atoms with Gasteiger partial charge < -0.3 is 26.1 Å². The third-order valence-corrected chi connectivity index (χ3v) is 2.85. The molecule has 7 heteroatoms. The highest BCUT2D eigenvalue weighted by atomic mass is 16.5. The summed E-state index contributed by atoms with van der Waals surface area (Å²) in [6, 6.07) is 4.13. The highest BCUT2D eigenvalue weighted by Crippen LogP contribution is 2.26. The van der Waals surface area contributed by atoms with Gasteiger partial charge in [-0.25, -0.2) is 0 Å². The maximum Gasteiger partial charge on any atom is 0.251 e. The molecule has 0 heterocycles. The zero-order valence-electron chi connectivity index (χ0n) is 11.5. The molecule has 0 radical (unpaired) electrons. The van der Waals surface area contributed by atoms with E-state index in [9.17, 15) is 9.90 Å². The maximum atomic E-state index is 12.0. The van der Waals surface area contributed by atoms with Gasteiger partial charge >= 0.3 is 0 Å². The second-order valence-corrected chi connectivity index (χ2v) is 4.26. The Kier molecular flexibility index (Phi) is 5.64. The van der Waals surface area contributed by atoms with Crippen LogP contribution in [0.5, 0.6) is 11.5 Å². The van der Waals surface area contributed by atoms with Crippen molar-refractivity contribution in [3.8, 4) is 11.5 Å². The molecule has 0 aromatic heterocycles. The molecule has 1 amide bonds. The predicted octanol–water partition coefficient (Wildman–Crippen LogP) is 1.05. The minimum Gasteiger partial charge on any atom is -0.504 e. The van der Waals surface area contributed by atoms with E-state index in [1.807, 2.05) is 6.92 Å². The fourth-order valence-corrected chi connectivity index (χ4v) is 1.69. The van der Waals surface area contributed by atoms with E-state index in [-0.39, 0.29) is 30.0 Å². The number of phenolic OH excluding ortho intramolecular Hbond substituents is 1. The normalized spacial score (nSPS) is 12.8. The molecule has 5 N–H and O–H groups in total. The number of nitrogens with two attached hydrogens (primary N) is 1. The summed E-state index contributed by atoms with van der Waals surface area (Å²) >= 11 is 0. The molecule has 0 bridgehead atoms. The first kappa shape index (κ1) is 15.6. The second-order valence-electron chi connectivity index (χ2n) is 4.26. The van der Waals surface area contributed by atoms with Crippen LogP contribution in [0.2, 0.25) is 0 Å². The van der Waals surface area contributed by atoms with Crippen LogP contribution in [0.15, 0.2) is 23.4 Å². The van der Waals surface area contributed by atoms with Crippen molar-refractivity contribution in [3.63, 3.8) is 0 Å². The fourth-order valence-electron chi connectivity index (χ4n) is 1.69. The quantitative estimate of drug-likeness (QED) is 0.269. The summed E-state index contributed by atoms with van der Waals surface area (Å²) in [5, 5.41) is 23.8. The molecule has 0 fully saturated rings. The van der Waals surface area contributed by atoms with Crippen molar-refractivity contribution in [2.75, 3.05) is 7.11 Å². The Morgan fingerprint density at radius 1 is 1.55 bits per heavy atom. The molecule has 7 nitrogen and oxygen atoms in total. The van der Waals surface area contributed by atoms with E-state index >= 15 is 0 Å². The monoisotopic (exact) mass is 281 g/mol. The number of benzene rings is 1. The summed E-state index contributed by atoms with van der Waals surface area (Å²) in [7, 11) is 1.43. The Labute approximate surface area is 117 Å². The summed E-state index contributed by atoms with van der Waals surface area (Å²) in [5.74, 6) is -0.106. The largest absolute Gasteiger partial charge is 0.504 e. The summed E-state index contributed by atoms with van der Waals surface area (Å²) in [6.07, 6.45) is 0.880. The van der Waals surface area contributed by atoms with Crippen molar-refractivity contribution in [1.29, 1.82) is 0 Å². The van der Waals surface area contributed by atoms with Crippen molar-refractivity contribution in [2.24, 2.45) is 10.9 Å². The van der Waals surface area contributed by atoms with Crippen LogP contribution in [-0.4, -0.2) is 35.2 Å². The van der Waals surface area contributed by atoms with Crippen LogP contribution in [0.25, 0.3) is 0 Å². The molecule has 1 aromatic carbocycles. The Balaban J connectivity index is 2.76. The van der Waals surface area contributed by atoms with Gasteiger partial charge in [-0.3, -0.25) is 4.79 Å². The van der Waals surface area contributed by atoms with E-state index in [4.69, 9.17) is 15.7 Å². The lowest BCUT2D eigenvalue weighted by Gasteiger charge is -2.16. The van der Waals surface area contributed by atoms with Gasteiger partial charge in [-0.2, -0.15) is 0 Å². The lowest BCUT2D eigenvalue weighted by atomic mass is 10.1. The third-order valence-electron chi connectivity index (χ3n) is 2.85. The molecular formula is C13H19N3O4. The number of aromatic hydroxyl groups is 1. The van der Waals surface area contributed by atoms with E-state index in [0.717, 1.165) is 0 Å². The van der Waals surface area contributed by atoms with E-state index in [1.165, 1.54) is 19.2 Å². The molecule has 20 heavy (non-hydrogen) atoms. The van der Waals surface area contributed by atoms with Crippen molar-refractivity contribution in [2.45, 2.75) is 25.8 Å². The van der Waals surface area contributed by atoms with Crippen LogP contribution in [0.4, 0.5) is 0 Å². The first-order valence-electron chi connectivity index (χ1n) is 6.16. The average Bonchev–Trinajstić information content (AvgIpc) is 2.45. The number of ether oxygens (including phenoxy) is 1. The van der Waals surface area contributed by atoms with Crippen LogP contribution in [-0.2, 0) is 0 Å².